The van der Waals surface area contributed by atoms with Crippen LogP contribution in [0.2, 0.25) is 5.02 Å². The van der Waals surface area contributed by atoms with Crippen molar-refractivity contribution in [2.75, 3.05) is 25.3 Å². The van der Waals surface area contributed by atoms with Crippen molar-refractivity contribution < 1.29 is 14.3 Å². The fraction of sp³-hybridized carbons (Fsp3) is 0.125. The highest BCUT2D eigenvalue weighted by atomic mass is 35.5. The molecule has 3 aromatic carbocycles. The first-order valence-electron chi connectivity index (χ1n) is 10.0. The average molecular weight is 481 g/mol. The van der Waals surface area contributed by atoms with Crippen LogP contribution in [0.4, 0.5) is 5.69 Å². The molecule has 7 nitrogen and oxygen atoms in total. The van der Waals surface area contributed by atoms with E-state index >= 15 is 0 Å². The second-order valence-electron chi connectivity index (χ2n) is 6.86. The van der Waals surface area contributed by atoms with Crippen molar-refractivity contribution in [2.24, 2.45) is 0 Å². The van der Waals surface area contributed by atoms with E-state index < -0.39 is 0 Å². The van der Waals surface area contributed by atoms with E-state index in [1.54, 1.807) is 25.3 Å². The molecule has 1 aromatic heterocycles. The first kappa shape index (κ1) is 22.7. The summed E-state index contributed by atoms with van der Waals surface area (Å²) in [6.07, 6.45) is 0. The third kappa shape index (κ3) is 5.13. The number of thioether (sulfide) groups is 1. The summed E-state index contributed by atoms with van der Waals surface area (Å²) in [6, 6.07) is 22.5. The number of nitrogens with one attached hydrogen (secondary N) is 1. The Bertz CT molecular complexity index is 1260. The highest BCUT2D eigenvalue weighted by Gasteiger charge is 2.19. The second kappa shape index (κ2) is 10.4. The number of para-hydroxylation sites is 2. The Morgan fingerprint density at radius 2 is 1.70 bits per heavy atom. The van der Waals surface area contributed by atoms with E-state index in [1.165, 1.54) is 18.9 Å². The van der Waals surface area contributed by atoms with Crippen molar-refractivity contribution in [3.8, 4) is 28.6 Å². The van der Waals surface area contributed by atoms with Crippen molar-refractivity contribution in [1.82, 2.24) is 14.8 Å². The lowest BCUT2D eigenvalue weighted by Gasteiger charge is -2.12. The number of hydrogen-bond donors (Lipinski definition) is 1. The van der Waals surface area contributed by atoms with Crippen LogP contribution in [0.15, 0.2) is 78.0 Å². The maximum atomic E-state index is 12.6. The van der Waals surface area contributed by atoms with Gasteiger partial charge in [0.05, 0.1) is 30.6 Å². The summed E-state index contributed by atoms with van der Waals surface area (Å²) in [5, 5.41) is 12.6. The molecule has 4 aromatic rings. The van der Waals surface area contributed by atoms with Crippen LogP contribution in [0.5, 0.6) is 11.5 Å². The van der Waals surface area contributed by atoms with Crippen LogP contribution in [0.3, 0.4) is 0 Å². The van der Waals surface area contributed by atoms with Gasteiger partial charge in [-0.1, -0.05) is 53.7 Å². The smallest absolute Gasteiger partial charge is 0.234 e. The lowest BCUT2D eigenvalue weighted by atomic mass is 10.2. The first-order chi connectivity index (χ1) is 16.1. The molecule has 0 spiro atoms. The second-order valence-corrected chi connectivity index (χ2v) is 8.21. The Kier molecular flexibility index (Phi) is 7.16. The summed E-state index contributed by atoms with van der Waals surface area (Å²) in [5.74, 6) is 1.81. The molecule has 0 saturated carbocycles. The number of carbonyl (C=O) groups is 1. The third-order valence-electron chi connectivity index (χ3n) is 4.76. The number of amides is 1. The molecule has 0 unspecified atom stereocenters. The quantitative estimate of drug-likeness (QED) is 0.343. The maximum Gasteiger partial charge on any atom is 0.234 e. The molecule has 0 fully saturated rings. The van der Waals surface area contributed by atoms with Crippen LogP contribution in [0, 0.1) is 0 Å². The van der Waals surface area contributed by atoms with Gasteiger partial charge in [-0.05, 0) is 42.5 Å². The van der Waals surface area contributed by atoms with Gasteiger partial charge in [-0.25, -0.2) is 0 Å². The summed E-state index contributed by atoms with van der Waals surface area (Å²) < 4.78 is 12.6. The van der Waals surface area contributed by atoms with Gasteiger partial charge in [0.2, 0.25) is 5.91 Å². The molecule has 1 amide bonds. The molecule has 4 rings (SSSR count). The third-order valence-corrected chi connectivity index (χ3v) is 5.99. The fourth-order valence-corrected chi connectivity index (χ4v) is 4.26. The zero-order valence-corrected chi connectivity index (χ0v) is 19.6. The van der Waals surface area contributed by atoms with Crippen molar-refractivity contribution >= 4 is 35.0 Å². The number of methoxy groups -OCH3 is 2. The molecule has 0 radical (unpaired) electrons. The molecule has 0 aliphatic carbocycles. The van der Waals surface area contributed by atoms with E-state index in [0.29, 0.717) is 33.2 Å². The molecule has 1 heterocycles. The van der Waals surface area contributed by atoms with Gasteiger partial charge >= 0.3 is 0 Å². The number of aromatic nitrogens is 3. The molecule has 9 heteroatoms. The van der Waals surface area contributed by atoms with Crippen LogP contribution in [-0.2, 0) is 4.79 Å². The van der Waals surface area contributed by atoms with Gasteiger partial charge in [0.25, 0.3) is 0 Å². The van der Waals surface area contributed by atoms with Crippen molar-refractivity contribution in [1.29, 1.82) is 0 Å². The van der Waals surface area contributed by atoms with Crippen molar-refractivity contribution in [3.05, 3.63) is 77.8 Å². The van der Waals surface area contributed by atoms with Crippen LogP contribution in [-0.4, -0.2) is 40.6 Å². The number of rotatable bonds is 8. The Balaban J connectivity index is 1.58. The van der Waals surface area contributed by atoms with E-state index in [1.807, 2.05) is 59.2 Å². The Hall–Kier alpha value is -3.49. The SMILES string of the molecule is COc1ccc(NC(=O)CSc2nnc(-c3ccccc3OC)n2-c2ccccc2)cc1Cl. The van der Waals surface area contributed by atoms with E-state index in [-0.39, 0.29) is 11.7 Å². The normalized spacial score (nSPS) is 10.6. The summed E-state index contributed by atoms with van der Waals surface area (Å²) >= 11 is 7.44. The topological polar surface area (TPSA) is 78.3 Å². The number of ether oxygens (including phenoxy) is 2. The standard InChI is InChI=1S/C24H21ClN4O3S/c1-31-20-11-7-6-10-18(20)23-27-28-24(29(23)17-8-4-3-5-9-17)33-15-22(30)26-16-12-13-21(32-2)19(25)14-16/h3-14H,15H2,1-2H3,(H,26,30). The van der Waals surface area contributed by atoms with Crippen molar-refractivity contribution in [3.63, 3.8) is 0 Å². The molecule has 1 N–H and O–H groups in total. The van der Waals surface area contributed by atoms with E-state index in [9.17, 15) is 4.79 Å². The predicted octanol–water partition coefficient (Wildman–Crippen LogP) is 5.34. The van der Waals surface area contributed by atoms with E-state index in [2.05, 4.69) is 15.5 Å². The zero-order valence-electron chi connectivity index (χ0n) is 18.0. The van der Waals surface area contributed by atoms with Gasteiger partial charge in [-0.15, -0.1) is 10.2 Å². The summed E-state index contributed by atoms with van der Waals surface area (Å²) in [6.45, 7) is 0. The largest absolute Gasteiger partial charge is 0.496 e. The number of anilines is 1. The van der Waals surface area contributed by atoms with Crippen LogP contribution in [0.1, 0.15) is 0 Å². The number of benzene rings is 3. The lowest BCUT2D eigenvalue weighted by molar-refractivity contribution is -0.113. The molecule has 0 saturated heterocycles. The average Bonchev–Trinajstić information content (AvgIpc) is 3.27. The number of nitrogens with zero attached hydrogens (tertiary/aromatic N) is 3. The van der Waals surface area contributed by atoms with E-state index in [4.69, 9.17) is 21.1 Å². The summed E-state index contributed by atoms with van der Waals surface area (Å²) in [5.41, 5.74) is 2.28. The molecule has 0 aliphatic rings. The van der Waals surface area contributed by atoms with Crippen LogP contribution < -0.4 is 14.8 Å². The summed E-state index contributed by atoms with van der Waals surface area (Å²) in [4.78, 5) is 12.6. The molecule has 0 atom stereocenters. The van der Waals surface area contributed by atoms with Crippen LogP contribution in [0.25, 0.3) is 17.1 Å². The molecular formula is C24H21ClN4O3S. The zero-order chi connectivity index (χ0) is 23.2. The van der Waals surface area contributed by atoms with Gasteiger partial charge in [0, 0.05) is 11.4 Å². The first-order valence-corrected chi connectivity index (χ1v) is 11.4. The maximum absolute atomic E-state index is 12.6. The number of carbonyl (C=O) groups excluding carboxylic acids is 1. The molecule has 0 aliphatic heterocycles. The van der Waals surface area contributed by atoms with Crippen molar-refractivity contribution in [2.45, 2.75) is 5.16 Å². The lowest BCUT2D eigenvalue weighted by Crippen LogP contribution is -2.14. The van der Waals surface area contributed by atoms with Gasteiger partial charge in [-0.2, -0.15) is 0 Å². The highest BCUT2D eigenvalue weighted by molar-refractivity contribution is 7.99. The Morgan fingerprint density at radius 1 is 0.970 bits per heavy atom. The van der Waals surface area contributed by atoms with Crippen LogP contribution >= 0.6 is 23.4 Å². The van der Waals surface area contributed by atoms with Gasteiger partial charge in [0.1, 0.15) is 11.5 Å². The Morgan fingerprint density at radius 3 is 2.42 bits per heavy atom. The number of hydrogen-bond acceptors (Lipinski definition) is 6. The number of halogens is 1. The van der Waals surface area contributed by atoms with Gasteiger partial charge in [0.15, 0.2) is 11.0 Å². The molecule has 168 valence electrons. The fourth-order valence-electron chi connectivity index (χ4n) is 3.25. The van der Waals surface area contributed by atoms with E-state index in [0.717, 1.165) is 11.3 Å². The minimum Gasteiger partial charge on any atom is -0.496 e. The minimum atomic E-state index is -0.192. The molecule has 33 heavy (non-hydrogen) atoms. The van der Waals surface area contributed by atoms with Gasteiger partial charge < -0.3 is 14.8 Å². The summed E-state index contributed by atoms with van der Waals surface area (Å²) in [7, 11) is 3.16. The highest BCUT2D eigenvalue weighted by Crippen LogP contribution is 2.33. The Labute approximate surface area is 200 Å². The minimum absolute atomic E-state index is 0.139. The predicted molar refractivity (Wildman–Crippen MR) is 131 cm³/mol. The molecular weight excluding hydrogens is 460 g/mol. The van der Waals surface area contributed by atoms with Gasteiger partial charge in [-0.3, -0.25) is 9.36 Å². The monoisotopic (exact) mass is 480 g/mol. The molecule has 0 bridgehead atoms.